The molecular formula is C15H24N2. The van der Waals surface area contributed by atoms with E-state index in [-0.39, 0.29) is 0 Å². The van der Waals surface area contributed by atoms with Crippen LogP contribution in [0.4, 0.5) is 5.69 Å². The number of hydrogen-bond acceptors (Lipinski definition) is 2. The minimum Gasteiger partial charge on any atom is -0.384 e. The van der Waals surface area contributed by atoms with Gasteiger partial charge in [0.05, 0.1) is 0 Å². The number of nitrogens with zero attached hydrogens (tertiary/aromatic N) is 1. The summed E-state index contributed by atoms with van der Waals surface area (Å²) in [6.07, 6.45) is 1.35. The van der Waals surface area contributed by atoms with Gasteiger partial charge in [0.25, 0.3) is 0 Å². The van der Waals surface area contributed by atoms with Crippen LogP contribution in [0.1, 0.15) is 20.3 Å². The molecule has 0 aliphatic carbocycles. The fraction of sp³-hybridized carbons (Fsp3) is 0.600. The maximum Gasteiger partial charge on any atom is 0.0340 e. The molecule has 1 aliphatic rings. The SMILES string of the molecule is CC1CCN(CCNc2ccccc2)CC1C. The van der Waals surface area contributed by atoms with E-state index < -0.39 is 0 Å². The fourth-order valence-corrected chi connectivity index (χ4v) is 2.47. The third kappa shape index (κ3) is 3.74. The molecule has 0 bridgehead atoms. The van der Waals surface area contributed by atoms with Crippen molar-refractivity contribution in [2.24, 2.45) is 11.8 Å². The average Bonchev–Trinajstić information content (AvgIpc) is 2.35. The highest BCUT2D eigenvalue weighted by Gasteiger charge is 2.21. The number of benzene rings is 1. The molecule has 1 aromatic carbocycles. The molecule has 0 aromatic heterocycles. The van der Waals surface area contributed by atoms with E-state index in [4.69, 9.17) is 0 Å². The second kappa shape index (κ2) is 6.06. The largest absolute Gasteiger partial charge is 0.384 e. The van der Waals surface area contributed by atoms with Crippen LogP contribution in [0.3, 0.4) is 0 Å². The minimum atomic E-state index is 0.848. The lowest BCUT2D eigenvalue weighted by molar-refractivity contribution is 0.143. The van der Waals surface area contributed by atoms with Gasteiger partial charge >= 0.3 is 0 Å². The van der Waals surface area contributed by atoms with E-state index in [1.165, 1.54) is 25.2 Å². The zero-order valence-electron chi connectivity index (χ0n) is 11.0. The highest BCUT2D eigenvalue weighted by atomic mass is 15.1. The van der Waals surface area contributed by atoms with Crippen LogP contribution in [0.15, 0.2) is 30.3 Å². The number of hydrogen-bond donors (Lipinski definition) is 1. The van der Waals surface area contributed by atoms with E-state index in [1.54, 1.807) is 0 Å². The van der Waals surface area contributed by atoms with Crippen molar-refractivity contribution in [1.29, 1.82) is 0 Å². The summed E-state index contributed by atoms with van der Waals surface area (Å²) in [5.74, 6) is 1.74. The monoisotopic (exact) mass is 232 g/mol. The molecule has 0 radical (unpaired) electrons. The van der Waals surface area contributed by atoms with Crippen LogP contribution in [0, 0.1) is 11.8 Å². The molecule has 2 nitrogen and oxygen atoms in total. The summed E-state index contributed by atoms with van der Waals surface area (Å²) in [6, 6.07) is 10.5. The summed E-state index contributed by atoms with van der Waals surface area (Å²) >= 11 is 0. The van der Waals surface area contributed by atoms with E-state index in [0.29, 0.717) is 0 Å². The Balaban J connectivity index is 1.69. The lowest BCUT2D eigenvalue weighted by Gasteiger charge is -2.35. The summed E-state index contributed by atoms with van der Waals surface area (Å²) in [7, 11) is 0. The molecular weight excluding hydrogens is 208 g/mol. The molecule has 2 rings (SSSR count). The Hall–Kier alpha value is -1.02. The Kier molecular flexibility index (Phi) is 4.43. The number of anilines is 1. The van der Waals surface area contributed by atoms with Gasteiger partial charge in [0, 0.05) is 25.3 Å². The fourth-order valence-electron chi connectivity index (χ4n) is 2.47. The highest BCUT2D eigenvalue weighted by Crippen LogP contribution is 2.21. The predicted molar refractivity (Wildman–Crippen MR) is 74.3 cm³/mol. The smallest absolute Gasteiger partial charge is 0.0340 e. The molecule has 17 heavy (non-hydrogen) atoms. The molecule has 1 fully saturated rings. The van der Waals surface area contributed by atoms with Crippen LogP contribution in [0.2, 0.25) is 0 Å². The van der Waals surface area contributed by atoms with E-state index in [2.05, 4.69) is 54.4 Å². The van der Waals surface area contributed by atoms with E-state index in [0.717, 1.165) is 24.9 Å². The first kappa shape index (κ1) is 12.4. The summed E-state index contributed by atoms with van der Waals surface area (Å²) in [6.45, 7) is 9.49. The van der Waals surface area contributed by atoms with Crippen molar-refractivity contribution >= 4 is 5.69 Å². The zero-order valence-corrected chi connectivity index (χ0v) is 11.0. The predicted octanol–water partition coefficient (Wildman–Crippen LogP) is 3.08. The Morgan fingerprint density at radius 3 is 2.65 bits per heavy atom. The summed E-state index contributed by atoms with van der Waals surface area (Å²) in [5, 5.41) is 3.48. The molecule has 0 spiro atoms. The van der Waals surface area contributed by atoms with Crippen LogP contribution in [-0.2, 0) is 0 Å². The first-order valence-electron chi connectivity index (χ1n) is 6.77. The molecule has 1 saturated heterocycles. The molecule has 1 aliphatic heterocycles. The molecule has 2 unspecified atom stereocenters. The standard InChI is InChI=1S/C15H24N2/c1-13-8-10-17(12-14(13)2)11-9-16-15-6-4-3-5-7-15/h3-7,13-14,16H,8-12H2,1-2H3. The van der Waals surface area contributed by atoms with Gasteiger partial charge < -0.3 is 10.2 Å². The normalized spacial score (nSPS) is 25.8. The van der Waals surface area contributed by atoms with Crippen LogP contribution < -0.4 is 5.32 Å². The quantitative estimate of drug-likeness (QED) is 0.858. The first-order chi connectivity index (χ1) is 8.25. The van der Waals surface area contributed by atoms with E-state index in [9.17, 15) is 0 Å². The van der Waals surface area contributed by atoms with Crippen LogP contribution >= 0.6 is 0 Å². The molecule has 1 aromatic rings. The second-order valence-corrected chi connectivity index (χ2v) is 5.34. The van der Waals surface area contributed by atoms with Gasteiger partial charge in [0.2, 0.25) is 0 Å². The molecule has 0 amide bonds. The first-order valence-corrected chi connectivity index (χ1v) is 6.77. The Morgan fingerprint density at radius 1 is 1.18 bits per heavy atom. The van der Waals surface area contributed by atoms with Gasteiger partial charge in [0.15, 0.2) is 0 Å². The summed E-state index contributed by atoms with van der Waals surface area (Å²) < 4.78 is 0. The number of rotatable bonds is 4. The number of para-hydroxylation sites is 1. The third-order valence-corrected chi connectivity index (χ3v) is 3.95. The molecule has 94 valence electrons. The third-order valence-electron chi connectivity index (χ3n) is 3.95. The van der Waals surface area contributed by atoms with Gasteiger partial charge in [-0.15, -0.1) is 0 Å². The van der Waals surface area contributed by atoms with Crippen molar-refractivity contribution in [1.82, 2.24) is 4.90 Å². The molecule has 0 saturated carbocycles. The molecule has 2 atom stereocenters. The van der Waals surface area contributed by atoms with Gasteiger partial charge in [-0.25, -0.2) is 0 Å². The van der Waals surface area contributed by atoms with Crippen LogP contribution in [0.25, 0.3) is 0 Å². The van der Waals surface area contributed by atoms with Crippen molar-refractivity contribution in [2.45, 2.75) is 20.3 Å². The maximum atomic E-state index is 3.48. The number of likely N-dealkylation sites (tertiary alicyclic amines) is 1. The van der Waals surface area contributed by atoms with Gasteiger partial charge in [-0.3, -0.25) is 0 Å². The van der Waals surface area contributed by atoms with Gasteiger partial charge in [-0.2, -0.15) is 0 Å². The van der Waals surface area contributed by atoms with Crippen LogP contribution in [-0.4, -0.2) is 31.1 Å². The second-order valence-electron chi connectivity index (χ2n) is 5.34. The molecule has 2 heteroatoms. The van der Waals surface area contributed by atoms with Gasteiger partial charge in [-0.05, 0) is 36.9 Å². The van der Waals surface area contributed by atoms with E-state index in [1.807, 2.05) is 0 Å². The number of nitrogens with one attached hydrogen (secondary N) is 1. The van der Waals surface area contributed by atoms with Gasteiger partial charge in [-0.1, -0.05) is 32.0 Å². The Bertz CT molecular complexity index is 323. The topological polar surface area (TPSA) is 15.3 Å². The Morgan fingerprint density at radius 2 is 1.94 bits per heavy atom. The summed E-state index contributed by atoms with van der Waals surface area (Å²) in [4.78, 5) is 2.58. The summed E-state index contributed by atoms with van der Waals surface area (Å²) in [5.41, 5.74) is 1.23. The lowest BCUT2D eigenvalue weighted by Crippen LogP contribution is -2.40. The van der Waals surface area contributed by atoms with Crippen molar-refractivity contribution in [3.63, 3.8) is 0 Å². The molecule has 1 N–H and O–H groups in total. The van der Waals surface area contributed by atoms with Crippen molar-refractivity contribution in [2.75, 3.05) is 31.5 Å². The lowest BCUT2D eigenvalue weighted by atomic mass is 9.89. The zero-order chi connectivity index (χ0) is 12.1. The van der Waals surface area contributed by atoms with Crippen molar-refractivity contribution in [3.8, 4) is 0 Å². The average molecular weight is 232 g/mol. The van der Waals surface area contributed by atoms with Crippen LogP contribution in [0.5, 0.6) is 0 Å². The van der Waals surface area contributed by atoms with Gasteiger partial charge in [0.1, 0.15) is 0 Å². The Labute approximate surface area is 105 Å². The molecule has 1 heterocycles. The highest BCUT2D eigenvalue weighted by molar-refractivity contribution is 5.42. The minimum absolute atomic E-state index is 0.848. The van der Waals surface area contributed by atoms with Crippen molar-refractivity contribution < 1.29 is 0 Å². The van der Waals surface area contributed by atoms with Crippen molar-refractivity contribution in [3.05, 3.63) is 30.3 Å². The maximum absolute atomic E-state index is 3.48. The number of piperidine rings is 1. The van der Waals surface area contributed by atoms with E-state index >= 15 is 0 Å².